The molecule has 2 aromatic carbocycles. The second-order valence-corrected chi connectivity index (χ2v) is 5.12. The van der Waals surface area contributed by atoms with E-state index in [9.17, 15) is 0 Å². The van der Waals surface area contributed by atoms with Crippen LogP contribution in [-0.4, -0.2) is 0 Å². The van der Waals surface area contributed by atoms with Crippen LogP contribution in [0.5, 0.6) is 0 Å². The minimum atomic E-state index is 0. The molecular formula is C20H26. The number of hydrogen-bond donors (Lipinski definition) is 0. The average molecular weight is 266 g/mol. The summed E-state index contributed by atoms with van der Waals surface area (Å²) < 4.78 is 0. The first-order valence-corrected chi connectivity index (χ1v) is 6.97. The lowest BCUT2D eigenvalue weighted by atomic mass is 9.98. The van der Waals surface area contributed by atoms with Crippen molar-refractivity contribution >= 4 is 11.1 Å². The van der Waals surface area contributed by atoms with Crippen molar-refractivity contribution in [1.29, 1.82) is 0 Å². The third-order valence-corrected chi connectivity index (χ3v) is 3.87. The minimum absolute atomic E-state index is 0. The summed E-state index contributed by atoms with van der Waals surface area (Å²) in [4.78, 5) is 0. The molecule has 20 heavy (non-hydrogen) atoms. The smallest absolute Gasteiger partial charge is 0.0149 e. The molecule has 106 valence electrons. The number of benzene rings is 2. The van der Waals surface area contributed by atoms with Gasteiger partial charge in [0.05, 0.1) is 0 Å². The van der Waals surface area contributed by atoms with Gasteiger partial charge in [-0.25, -0.2) is 0 Å². The van der Waals surface area contributed by atoms with Gasteiger partial charge in [-0.3, -0.25) is 0 Å². The van der Waals surface area contributed by atoms with E-state index < -0.39 is 0 Å². The zero-order valence-electron chi connectivity index (χ0n) is 12.3. The molecule has 0 unspecified atom stereocenters. The molecule has 0 saturated heterocycles. The highest BCUT2D eigenvalue weighted by molar-refractivity contribution is 5.67. The third kappa shape index (κ3) is 3.19. The zero-order chi connectivity index (χ0) is 13.8. The summed E-state index contributed by atoms with van der Waals surface area (Å²) >= 11 is 0. The summed E-state index contributed by atoms with van der Waals surface area (Å²) in [6.45, 7) is 8.85. The summed E-state index contributed by atoms with van der Waals surface area (Å²) in [5, 5.41) is 2.74. The monoisotopic (exact) mass is 266 g/mol. The topological polar surface area (TPSA) is 0 Å². The molecule has 0 atom stereocenters. The molecule has 0 amide bonds. The fourth-order valence-electron chi connectivity index (χ4n) is 2.51. The van der Waals surface area contributed by atoms with Crippen molar-refractivity contribution in [2.24, 2.45) is 0 Å². The Kier molecular flexibility index (Phi) is 5.76. The van der Waals surface area contributed by atoms with Crippen molar-refractivity contribution < 1.29 is 0 Å². The zero-order valence-corrected chi connectivity index (χ0v) is 12.3. The normalized spacial score (nSPS) is 13.4. The summed E-state index contributed by atoms with van der Waals surface area (Å²) in [7, 11) is 0. The second kappa shape index (κ2) is 7.09. The summed E-state index contributed by atoms with van der Waals surface area (Å²) in [6.07, 6.45) is 1.10. The average Bonchev–Trinajstić information content (AvgIpc) is 2.46. The van der Waals surface area contributed by atoms with Crippen LogP contribution in [0.3, 0.4) is 0 Å². The van der Waals surface area contributed by atoms with Gasteiger partial charge in [0, 0.05) is 0 Å². The maximum atomic E-state index is 2.23. The Morgan fingerprint density at radius 2 is 1.40 bits per heavy atom. The molecule has 0 spiro atoms. The SMILES string of the molecule is C.CC/C(C)=c1\cccc\c1=C(/C)c1ccccc1C. The Bertz CT molecular complexity index is 690. The number of rotatable bonds is 2. The molecule has 0 heterocycles. The molecule has 0 aliphatic carbocycles. The van der Waals surface area contributed by atoms with E-state index in [1.54, 1.807) is 0 Å². The van der Waals surface area contributed by atoms with Gasteiger partial charge in [-0.15, -0.1) is 0 Å². The number of aryl methyl sites for hydroxylation is 1. The Hall–Kier alpha value is -1.82. The van der Waals surface area contributed by atoms with Crippen LogP contribution < -0.4 is 10.4 Å². The van der Waals surface area contributed by atoms with Gasteiger partial charge < -0.3 is 0 Å². The first-order chi connectivity index (χ1) is 9.15. The van der Waals surface area contributed by atoms with Gasteiger partial charge in [-0.1, -0.05) is 68.5 Å². The van der Waals surface area contributed by atoms with Crippen LogP contribution in [-0.2, 0) is 0 Å². The molecule has 0 aliphatic heterocycles. The highest BCUT2D eigenvalue weighted by Crippen LogP contribution is 2.14. The first-order valence-electron chi connectivity index (χ1n) is 6.97. The fourth-order valence-corrected chi connectivity index (χ4v) is 2.51. The maximum Gasteiger partial charge on any atom is -0.0149 e. The van der Waals surface area contributed by atoms with Crippen LogP contribution in [0.4, 0.5) is 0 Å². The van der Waals surface area contributed by atoms with Gasteiger partial charge in [-0.05, 0) is 54.3 Å². The highest BCUT2D eigenvalue weighted by atomic mass is 14.1. The molecule has 2 aromatic rings. The van der Waals surface area contributed by atoms with E-state index in [0.29, 0.717) is 0 Å². The molecule has 0 N–H and O–H groups in total. The van der Waals surface area contributed by atoms with Crippen molar-refractivity contribution in [1.82, 2.24) is 0 Å². The molecule has 0 bridgehead atoms. The summed E-state index contributed by atoms with van der Waals surface area (Å²) in [5.74, 6) is 0. The van der Waals surface area contributed by atoms with Gasteiger partial charge in [0.1, 0.15) is 0 Å². The van der Waals surface area contributed by atoms with Crippen molar-refractivity contribution in [2.45, 2.75) is 41.5 Å². The lowest BCUT2D eigenvalue weighted by Crippen LogP contribution is -2.28. The maximum absolute atomic E-state index is 2.23. The Morgan fingerprint density at radius 1 is 0.850 bits per heavy atom. The first kappa shape index (κ1) is 16.2. The third-order valence-electron chi connectivity index (χ3n) is 3.87. The van der Waals surface area contributed by atoms with Gasteiger partial charge in [0.2, 0.25) is 0 Å². The van der Waals surface area contributed by atoms with Crippen LogP contribution >= 0.6 is 0 Å². The molecule has 0 aromatic heterocycles. The van der Waals surface area contributed by atoms with E-state index in [4.69, 9.17) is 0 Å². The molecular weight excluding hydrogens is 240 g/mol. The van der Waals surface area contributed by atoms with Crippen LogP contribution in [0.15, 0.2) is 48.5 Å². The largest absolute Gasteiger partial charge is 0.0776 e. The van der Waals surface area contributed by atoms with Gasteiger partial charge >= 0.3 is 0 Å². The fraction of sp³-hybridized carbons (Fsp3) is 0.300. The lowest BCUT2D eigenvalue weighted by molar-refractivity contribution is 1.20. The lowest BCUT2D eigenvalue weighted by Gasteiger charge is -2.07. The van der Waals surface area contributed by atoms with Crippen molar-refractivity contribution in [3.8, 4) is 0 Å². The van der Waals surface area contributed by atoms with E-state index >= 15 is 0 Å². The van der Waals surface area contributed by atoms with Crippen molar-refractivity contribution in [3.05, 3.63) is 70.1 Å². The van der Waals surface area contributed by atoms with Crippen LogP contribution in [0.25, 0.3) is 11.1 Å². The Balaban J connectivity index is 0.00000200. The van der Waals surface area contributed by atoms with Gasteiger partial charge in [-0.2, -0.15) is 0 Å². The molecule has 0 nitrogen and oxygen atoms in total. The molecule has 0 heteroatoms. The standard InChI is InChI=1S/C19H22.CH4/c1-5-14(2)18-12-8-9-13-19(18)16(4)17-11-7-6-10-15(17)3;/h6-13H,5H2,1-4H3;1H4/b18-14+,19-16-;. The molecule has 2 rings (SSSR count). The van der Waals surface area contributed by atoms with Gasteiger partial charge in [0.25, 0.3) is 0 Å². The molecule has 0 fully saturated rings. The Labute approximate surface area is 123 Å². The predicted octanol–water partition coefficient (Wildman–Crippen LogP) is 4.43. The predicted molar refractivity (Wildman–Crippen MR) is 91.2 cm³/mol. The molecule has 0 saturated carbocycles. The Morgan fingerprint density at radius 3 is 2.00 bits per heavy atom. The quantitative estimate of drug-likeness (QED) is 0.754. The van der Waals surface area contributed by atoms with Crippen molar-refractivity contribution in [3.63, 3.8) is 0 Å². The van der Waals surface area contributed by atoms with E-state index in [-0.39, 0.29) is 7.43 Å². The van der Waals surface area contributed by atoms with Gasteiger partial charge in [0.15, 0.2) is 0 Å². The van der Waals surface area contributed by atoms with E-state index in [1.165, 1.54) is 32.7 Å². The highest BCUT2D eigenvalue weighted by Gasteiger charge is 2.01. The van der Waals surface area contributed by atoms with Crippen LogP contribution in [0, 0.1) is 6.92 Å². The molecule has 0 aliphatic rings. The summed E-state index contributed by atoms with van der Waals surface area (Å²) in [6, 6.07) is 17.3. The minimum Gasteiger partial charge on any atom is -0.0776 e. The van der Waals surface area contributed by atoms with Crippen molar-refractivity contribution in [2.75, 3.05) is 0 Å². The number of hydrogen-bond acceptors (Lipinski definition) is 0. The van der Waals surface area contributed by atoms with E-state index in [2.05, 4.69) is 76.2 Å². The van der Waals surface area contributed by atoms with E-state index in [1.807, 2.05) is 0 Å². The van der Waals surface area contributed by atoms with E-state index in [0.717, 1.165) is 6.42 Å². The van der Waals surface area contributed by atoms with Crippen LogP contribution in [0.2, 0.25) is 0 Å². The second-order valence-electron chi connectivity index (χ2n) is 5.12. The molecule has 0 radical (unpaired) electrons. The van der Waals surface area contributed by atoms with Crippen LogP contribution in [0.1, 0.15) is 45.7 Å². The summed E-state index contributed by atoms with van der Waals surface area (Å²) in [5.41, 5.74) is 5.49.